The van der Waals surface area contributed by atoms with Crippen LogP contribution in [0.5, 0.6) is 0 Å². The van der Waals surface area contributed by atoms with Gasteiger partial charge in [-0.1, -0.05) is 47.5 Å². The lowest BCUT2D eigenvalue weighted by molar-refractivity contribution is -0.128. The minimum atomic E-state index is -0.0367. The lowest BCUT2D eigenvalue weighted by atomic mass is 10.1. The van der Waals surface area contributed by atoms with Gasteiger partial charge in [0.05, 0.1) is 6.10 Å². The molecule has 0 N–H and O–H groups in total. The highest BCUT2D eigenvalue weighted by Gasteiger charge is 2.21. The van der Waals surface area contributed by atoms with Crippen molar-refractivity contribution in [3.8, 4) is 0 Å². The molecule has 136 valence electrons. The molecule has 0 bridgehead atoms. The Bertz CT molecular complexity index is 751. The van der Waals surface area contributed by atoms with Gasteiger partial charge in [-0.2, -0.15) is 0 Å². The number of hydrogen-bond donors (Lipinski definition) is 0. The smallest absolute Gasteiger partial charge is 0.246 e. The predicted molar refractivity (Wildman–Crippen MR) is 106 cm³/mol. The first-order chi connectivity index (χ1) is 12.6. The average molecular weight is 390 g/mol. The second-order valence-electron chi connectivity index (χ2n) is 6.37. The molecule has 1 unspecified atom stereocenters. The Morgan fingerprint density at radius 1 is 1.08 bits per heavy atom. The Labute approximate surface area is 164 Å². The Morgan fingerprint density at radius 3 is 2.35 bits per heavy atom. The third-order valence-corrected chi connectivity index (χ3v) is 4.84. The van der Waals surface area contributed by atoms with E-state index in [1.807, 2.05) is 59.5 Å². The summed E-state index contributed by atoms with van der Waals surface area (Å²) >= 11 is 11.9. The summed E-state index contributed by atoms with van der Waals surface area (Å²) in [6.45, 7) is 1.89. The molecule has 2 aromatic rings. The van der Waals surface area contributed by atoms with Crippen LogP contribution in [0, 0.1) is 0 Å². The third-order valence-electron chi connectivity index (χ3n) is 4.33. The molecule has 0 aromatic heterocycles. The van der Waals surface area contributed by atoms with Crippen LogP contribution in [-0.4, -0.2) is 30.1 Å². The summed E-state index contributed by atoms with van der Waals surface area (Å²) in [6.07, 6.45) is 5.56. The van der Waals surface area contributed by atoms with E-state index in [0.29, 0.717) is 23.1 Å². The number of nitrogens with zero attached hydrogens (tertiary/aromatic N) is 1. The number of ether oxygens (including phenoxy) is 1. The molecule has 26 heavy (non-hydrogen) atoms. The number of benzene rings is 2. The fraction of sp³-hybridized carbons (Fsp3) is 0.286. The van der Waals surface area contributed by atoms with Crippen LogP contribution in [0.1, 0.15) is 24.0 Å². The van der Waals surface area contributed by atoms with Crippen LogP contribution in [0.15, 0.2) is 54.6 Å². The molecule has 0 aliphatic carbocycles. The fourth-order valence-corrected chi connectivity index (χ4v) is 3.18. The highest BCUT2D eigenvalue weighted by atomic mass is 35.5. The van der Waals surface area contributed by atoms with E-state index in [0.717, 1.165) is 30.6 Å². The van der Waals surface area contributed by atoms with E-state index in [2.05, 4.69) is 0 Å². The maximum atomic E-state index is 12.8. The molecular formula is C21H21Cl2NO2. The van der Waals surface area contributed by atoms with E-state index < -0.39 is 0 Å². The van der Waals surface area contributed by atoms with Gasteiger partial charge in [-0.3, -0.25) is 4.79 Å². The molecule has 2 aromatic carbocycles. The Hall–Kier alpha value is -1.81. The van der Waals surface area contributed by atoms with Gasteiger partial charge in [-0.25, -0.2) is 0 Å². The van der Waals surface area contributed by atoms with E-state index in [1.54, 1.807) is 6.08 Å². The summed E-state index contributed by atoms with van der Waals surface area (Å²) < 4.78 is 5.71. The number of amides is 1. The summed E-state index contributed by atoms with van der Waals surface area (Å²) in [5.74, 6) is -0.0367. The van der Waals surface area contributed by atoms with Gasteiger partial charge in [0, 0.05) is 35.8 Å². The summed E-state index contributed by atoms with van der Waals surface area (Å²) in [5.41, 5.74) is 1.98. The van der Waals surface area contributed by atoms with E-state index in [9.17, 15) is 4.79 Å². The minimum Gasteiger partial charge on any atom is -0.376 e. The zero-order chi connectivity index (χ0) is 18.4. The molecule has 3 rings (SSSR count). The first-order valence-corrected chi connectivity index (χ1v) is 9.44. The summed E-state index contributed by atoms with van der Waals surface area (Å²) in [5, 5.41) is 1.37. The molecule has 1 heterocycles. The number of halogens is 2. The van der Waals surface area contributed by atoms with E-state index >= 15 is 0 Å². The van der Waals surface area contributed by atoms with Crippen LogP contribution >= 0.6 is 23.2 Å². The number of carbonyl (C=O) groups is 1. The molecule has 1 saturated heterocycles. The Kier molecular flexibility index (Phi) is 6.73. The maximum absolute atomic E-state index is 12.8. The maximum Gasteiger partial charge on any atom is 0.246 e. The van der Waals surface area contributed by atoms with Crippen molar-refractivity contribution in [3.63, 3.8) is 0 Å². The number of rotatable bonds is 6. The van der Waals surface area contributed by atoms with E-state index in [4.69, 9.17) is 27.9 Å². The molecule has 0 spiro atoms. The quantitative estimate of drug-likeness (QED) is 0.634. The fourth-order valence-electron chi connectivity index (χ4n) is 2.92. The Balaban J connectivity index is 1.71. The van der Waals surface area contributed by atoms with Gasteiger partial charge in [-0.15, -0.1) is 0 Å². The Morgan fingerprint density at radius 2 is 1.73 bits per heavy atom. The summed E-state index contributed by atoms with van der Waals surface area (Å²) in [7, 11) is 0. The number of carbonyl (C=O) groups excluding carboxylic acids is 1. The molecular weight excluding hydrogens is 369 g/mol. The first-order valence-electron chi connectivity index (χ1n) is 8.69. The van der Waals surface area contributed by atoms with Crippen molar-refractivity contribution in [3.05, 3.63) is 75.8 Å². The molecule has 1 atom stereocenters. The van der Waals surface area contributed by atoms with Gasteiger partial charge < -0.3 is 9.64 Å². The zero-order valence-corrected chi connectivity index (χ0v) is 15.9. The molecule has 0 radical (unpaired) electrons. The van der Waals surface area contributed by atoms with E-state index in [1.165, 1.54) is 0 Å². The lowest BCUT2D eigenvalue weighted by Crippen LogP contribution is -2.35. The van der Waals surface area contributed by atoms with Gasteiger partial charge in [0.25, 0.3) is 0 Å². The van der Waals surface area contributed by atoms with Crippen molar-refractivity contribution in [1.82, 2.24) is 4.90 Å². The average Bonchev–Trinajstić information content (AvgIpc) is 3.15. The SMILES string of the molecule is O=C(/C=C/c1ccc(Cl)cc1)N(Cc1ccc(Cl)cc1)CC1CCCO1. The number of hydrogen-bond acceptors (Lipinski definition) is 2. The highest BCUT2D eigenvalue weighted by Crippen LogP contribution is 2.17. The van der Waals surface area contributed by atoms with Crippen LogP contribution in [0.2, 0.25) is 10.0 Å². The second kappa shape index (κ2) is 9.22. The lowest BCUT2D eigenvalue weighted by Gasteiger charge is -2.24. The minimum absolute atomic E-state index is 0.0367. The van der Waals surface area contributed by atoms with Crippen LogP contribution in [0.25, 0.3) is 6.08 Å². The van der Waals surface area contributed by atoms with Crippen molar-refractivity contribution >= 4 is 35.2 Å². The van der Waals surface area contributed by atoms with Gasteiger partial charge in [0.15, 0.2) is 0 Å². The zero-order valence-electron chi connectivity index (χ0n) is 14.4. The highest BCUT2D eigenvalue weighted by molar-refractivity contribution is 6.30. The van der Waals surface area contributed by atoms with Crippen molar-refractivity contribution in [1.29, 1.82) is 0 Å². The monoisotopic (exact) mass is 389 g/mol. The van der Waals surface area contributed by atoms with E-state index in [-0.39, 0.29) is 12.0 Å². The van der Waals surface area contributed by atoms with Crippen LogP contribution < -0.4 is 0 Å². The molecule has 1 fully saturated rings. The molecule has 3 nitrogen and oxygen atoms in total. The predicted octanol–water partition coefficient (Wildman–Crippen LogP) is 5.21. The largest absolute Gasteiger partial charge is 0.376 e. The second-order valence-corrected chi connectivity index (χ2v) is 7.24. The van der Waals surface area contributed by atoms with Gasteiger partial charge >= 0.3 is 0 Å². The van der Waals surface area contributed by atoms with Crippen molar-refractivity contribution in [2.24, 2.45) is 0 Å². The third kappa shape index (κ3) is 5.60. The normalized spacial score (nSPS) is 16.9. The molecule has 1 amide bonds. The standard InChI is InChI=1S/C21H21Cl2NO2/c22-18-8-3-16(4-9-18)7-12-21(25)24(15-20-2-1-13-26-20)14-17-5-10-19(23)11-6-17/h3-12,20H,1-2,13-15H2/b12-7+. The molecule has 1 aliphatic rings. The topological polar surface area (TPSA) is 29.5 Å². The van der Waals surface area contributed by atoms with Crippen LogP contribution in [0.3, 0.4) is 0 Å². The van der Waals surface area contributed by atoms with Gasteiger partial charge in [-0.05, 0) is 54.3 Å². The molecule has 5 heteroatoms. The van der Waals surface area contributed by atoms with Crippen LogP contribution in [0.4, 0.5) is 0 Å². The summed E-state index contributed by atoms with van der Waals surface area (Å²) in [6, 6.07) is 15.0. The first kappa shape index (κ1) is 19.0. The summed E-state index contributed by atoms with van der Waals surface area (Å²) in [4.78, 5) is 14.6. The molecule has 0 saturated carbocycles. The van der Waals surface area contributed by atoms with Crippen molar-refractivity contribution in [2.45, 2.75) is 25.5 Å². The van der Waals surface area contributed by atoms with Gasteiger partial charge in [0.2, 0.25) is 5.91 Å². The van der Waals surface area contributed by atoms with Crippen LogP contribution in [-0.2, 0) is 16.1 Å². The van der Waals surface area contributed by atoms with Crippen molar-refractivity contribution in [2.75, 3.05) is 13.2 Å². The van der Waals surface area contributed by atoms with Gasteiger partial charge in [0.1, 0.15) is 0 Å². The molecule has 1 aliphatic heterocycles. The van der Waals surface area contributed by atoms with Crippen molar-refractivity contribution < 1.29 is 9.53 Å².